The van der Waals surface area contributed by atoms with Crippen molar-refractivity contribution < 1.29 is 0 Å². The molecule has 0 aromatic carbocycles. The zero-order chi connectivity index (χ0) is 13.8. The van der Waals surface area contributed by atoms with E-state index in [2.05, 4.69) is 48.5 Å². The van der Waals surface area contributed by atoms with Gasteiger partial charge in [0.1, 0.15) is 17.3 Å². The summed E-state index contributed by atoms with van der Waals surface area (Å²) < 4.78 is 2.40. The Kier molecular flexibility index (Phi) is 4.47. The Labute approximate surface area is 120 Å². The van der Waals surface area contributed by atoms with Gasteiger partial charge in [-0.25, -0.2) is 14.6 Å². The van der Waals surface area contributed by atoms with E-state index < -0.39 is 0 Å². The topological polar surface area (TPSA) is 68.5 Å². The zero-order valence-corrected chi connectivity index (χ0v) is 12.9. The Balaban J connectivity index is 2.45. The molecule has 0 aliphatic carbocycles. The highest BCUT2D eigenvalue weighted by molar-refractivity contribution is 9.10. The molecule has 19 heavy (non-hydrogen) atoms. The molecule has 2 rings (SSSR count). The summed E-state index contributed by atoms with van der Waals surface area (Å²) in [5, 5.41) is 11.3. The van der Waals surface area contributed by atoms with Crippen LogP contribution in [0.25, 0.3) is 11.4 Å². The Bertz CT molecular complexity index is 546. The molecule has 0 fully saturated rings. The number of rotatable bonds is 5. The lowest BCUT2D eigenvalue weighted by Gasteiger charge is -2.08. The highest BCUT2D eigenvalue weighted by Gasteiger charge is 2.14. The molecule has 7 heteroatoms. The highest BCUT2D eigenvalue weighted by Crippen LogP contribution is 2.25. The van der Waals surface area contributed by atoms with Crippen LogP contribution in [0.1, 0.15) is 26.1 Å². The summed E-state index contributed by atoms with van der Waals surface area (Å²) in [7, 11) is 1.85. The third kappa shape index (κ3) is 3.09. The molecular formula is C12H17BrN6. The van der Waals surface area contributed by atoms with Crippen LogP contribution in [0.3, 0.4) is 0 Å². The first-order valence-electron chi connectivity index (χ1n) is 6.33. The summed E-state index contributed by atoms with van der Waals surface area (Å²) in [6.45, 7) is 5.06. The molecule has 0 atom stereocenters. The number of aryl methyl sites for hydroxylation is 2. The van der Waals surface area contributed by atoms with E-state index in [1.807, 2.05) is 20.0 Å². The normalized spacial score (nSPS) is 10.7. The summed E-state index contributed by atoms with van der Waals surface area (Å²) in [5.74, 6) is 1.65. The van der Waals surface area contributed by atoms with E-state index >= 15 is 0 Å². The molecule has 0 aliphatic rings. The average molecular weight is 325 g/mol. The average Bonchev–Trinajstić information content (AvgIpc) is 2.75. The molecule has 0 saturated heterocycles. The van der Waals surface area contributed by atoms with Crippen LogP contribution in [0.15, 0.2) is 10.7 Å². The molecule has 2 aromatic heterocycles. The van der Waals surface area contributed by atoms with Crippen molar-refractivity contribution in [2.24, 2.45) is 7.05 Å². The van der Waals surface area contributed by atoms with Crippen molar-refractivity contribution >= 4 is 21.7 Å². The number of halogens is 1. The van der Waals surface area contributed by atoms with Crippen molar-refractivity contribution in [3.8, 4) is 11.4 Å². The van der Waals surface area contributed by atoms with Gasteiger partial charge in [-0.05, 0) is 22.4 Å². The van der Waals surface area contributed by atoms with Crippen LogP contribution in [0.2, 0.25) is 0 Å². The maximum atomic E-state index is 4.54. The second-order valence-corrected chi connectivity index (χ2v) is 4.94. The summed E-state index contributed by atoms with van der Waals surface area (Å²) in [5.41, 5.74) is 1.68. The predicted octanol–water partition coefficient (Wildman–Crippen LogP) is 2.42. The minimum atomic E-state index is 0.692. The molecule has 2 heterocycles. The second-order valence-electron chi connectivity index (χ2n) is 4.19. The van der Waals surface area contributed by atoms with Gasteiger partial charge in [0.15, 0.2) is 4.60 Å². The van der Waals surface area contributed by atoms with Crippen molar-refractivity contribution in [3.63, 3.8) is 0 Å². The molecule has 1 N–H and O–H groups in total. The molecular weight excluding hydrogens is 308 g/mol. The summed E-state index contributed by atoms with van der Waals surface area (Å²) in [6.07, 6.45) is 1.84. The number of hydrogen-bond acceptors (Lipinski definition) is 5. The van der Waals surface area contributed by atoms with Crippen LogP contribution in [-0.4, -0.2) is 31.5 Å². The van der Waals surface area contributed by atoms with Crippen molar-refractivity contribution in [3.05, 3.63) is 16.5 Å². The monoisotopic (exact) mass is 324 g/mol. The third-order valence-corrected chi connectivity index (χ3v) is 3.21. The highest BCUT2D eigenvalue weighted by atomic mass is 79.9. The summed E-state index contributed by atoms with van der Waals surface area (Å²) in [4.78, 5) is 9.01. The van der Waals surface area contributed by atoms with Gasteiger partial charge in [-0.15, -0.1) is 5.10 Å². The number of nitrogens with one attached hydrogen (secondary N) is 1. The number of hydrogen-bond donors (Lipinski definition) is 1. The fraction of sp³-hybridized carbons (Fsp3) is 0.500. The van der Waals surface area contributed by atoms with Gasteiger partial charge in [-0.3, -0.25) is 0 Å². The molecule has 102 valence electrons. The standard InChI is InChI=1S/C12H17BrN6/c1-4-6-14-10-7-8(15-9(5-2)16-10)11-12(13)17-18-19(11)3/h7H,4-6H2,1-3H3,(H,14,15,16). The molecule has 0 aliphatic heterocycles. The van der Waals surface area contributed by atoms with Crippen LogP contribution >= 0.6 is 15.9 Å². The van der Waals surface area contributed by atoms with E-state index in [-0.39, 0.29) is 0 Å². The lowest BCUT2D eigenvalue weighted by molar-refractivity contribution is 0.717. The Morgan fingerprint density at radius 1 is 1.32 bits per heavy atom. The van der Waals surface area contributed by atoms with Crippen molar-refractivity contribution in [1.82, 2.24) is 25.0 Å². The minimum absolute atomic E-state index is 0.692. The molecule has 2 aromatic rings. The molecule has 6 nitrogen and oxygen atoms in total. The molecule has 0 unspecified atom stereocenters. The van der Waals surface area contributed by atoms with E-state index in [9.17, 15) is 0 Å². The van der Waals surface area contributed by atoms with Crippen LogP contribution < -0.4 is 5.32 Å². The van der Waals surface area contributed by atoms with Gasteiger partial charge in [-0.2, -0.15) is 0 Å². The maximum Gasteiger partial charge on any atom is 0.157 e. The molecule has 0 bridgehead atoms. The minimum Gasteiger partial charge on any atom is -0.370 e. The van der Waals surface area contributed by atoms with Crippen LogP contribution in [-0.2, 0) is 13.5 Å². The Morgan fingerprint density at radius 3 is 2.68 bits per heavy atom. The largest absolute Gasteiger partial charge is 0.370 e. The van der Waals surface area contributed by atoms with Crippen molar-refractivity contribution in [2.45, 2.75) is 26.7 Å². The van der Waals surface area contributed by atoms with E-state index in [1.165, 1.54) is 0 Å². The van der Waals surface area contributed by atoms with Gasteiger partial charge in [0, 0.05) is 26.1 Å². The smallest absolute Gasteiger partial charge is 0.157 e. The van der Waals surface area contributed by atoms with Crippen molar-refractivity contribution in [2.75, 3.05) is 11.9 Å². The van der Waals surface area contributed by atoms with Crippen LogP contribution in [0, 0.1) is 0 Å². The Hall–Kier alpha value is -1.50. The quantitative estimate of drug-likeness (QED) is 0.914. The van der Waals surface area contributed by atoms with Gasteiger partial charge in [-0.1, -0.05) is 19.1 Å². The number of anilines is 1. The fourth-order valence-electron chi connectivity index (χ4n) is 1.72. The van der Waals surface area contributed by atoms with E-state index in [0.29, 0.717) is 4.60 Å². The summed E-state index contributed by atoms with van der Waals surface area (Å²) in [6, 6.07) is 1.93. The SMILES string of the molecule is CCCNc1cc(-c2c(Br)nnn2C)nc(CC)n1. The van der Waals surface area contributed by atoms with E-state index in [4.69, 9.17) is 0 Å². The molecule has 0 radical (unpaired) electrons. The molecule has 0 spiro atoms. The first-order valence-corrected chi connectivity index (χ1v) is 7.12. The van der Waals surface area contributed by atoms with Crippen molar-refractivity contribution in [1.29, 1.82) is 0 Å². The lowest BCUT2D eigenvalue weighted by atomic mass is 10.3. The van der Waals surface area contributed by atoms with Gasteiger partial charge in [0.25, 0.3) is 0 Å². The fourth-order valence-corrected chi connectivity index (χ4v) is 2.25. The predicted molar refractivity (Wildman–Crippen MR) is 77.9 cm³/mol. The van der Waals surface area contributed by atoms with E-state index in [1.54, 1.807) is 4.68 Å². The maximum absolute atomic E-state index is 4.54. The third-order valence-electron chi connectivity index (χ3n) is 2.67. The van der Waals surface area contributed by atoms with Crippen LogP contribution in [0.4, 0.5) is 5.82 Å². The van der Waals surface area contributed by atoms with Gasteiger partial charge in [0.2, 0.25) is 0 Å². The Morgan fingerprint density at radius 2 is 2.11 bits per heavy atom. The molecule has 0 saturated carbocycles. The first-order chi connectivity index (χ1) is 9.15. The van der Waals surface area contributed by atoms with Gasteiger partial charge >= 0.3 is 0 Å². The van der Waals surface area contributed by atoms with E-state index in [0.717, 1.165) is 42.4 Å². The lowest BCUT2D eigenvalue weighted by Crippen LogP contribution is -2.06. The van der Waals surface area contributed by atoms with Crippen LogP contribution in [0.5, 0.6) is 0 Å². The number of aromatic nitrogens is 5. The van der Waals surface area contributed by atoms with Gasteiger partial charge in [0.05, 0.1) is 5.69 Å². The zero-order valence-electron chi connectivity index (χ0n) is 11.3. The number of nitrogens with zero attached hydrogens (tertiary/aromatic N) is 5. The molecule has 0 amide bonds. The first kappa shape index (κ1) is 13.9. The summed E-state index contributed by atoms with van der Waals surface area (Å²) >= 11 is 3.40. The second kappa shape index (κ2) is 6.10. The van der Waals surface area contributed by atoms with Gasteiger partial charge < -0.3 is 5.32 Å².